The molecule has 2 rings (SSSR count). The summed E-state index contributed by atoms with van der Waals surface area (Å²) in [5.41, 5.74) is 1.10. The molecule has 2 nitrogen and oxygen atoms in total. The average Bonchev–Trinajstić information content (AvgIpc) is 2.37. The minimum atomic E-state index is 0.0440. The van der Waals surface area contributed by atoms with E-state index in [1.807, 2.05) is 6.92 Å². The van der Waals surface area contributed by atoms with Gasteiger partial charge in [0.25, 0.3) is 0 Å². The van der Waals surface area contributed by atoms with Gasteiger partial charge in [0.05, 0.1) is 0 Å². The Morgan fingerprint density at radius 3 is 2.33 bits per heavy atom. The summed E-state index contributed by atoms with van der Waals surface area (Å²) < 4.78 is 1.33. The van der Waals surface area contributed by atoms with Gasteiger partial charge in [0.1, 0.15) is 0 Å². The second-order valence-corrected chi connectivity index (χ2v) is 4.31. The van der Waals surface area contributed by atoms with Crippen LogP contribution in [-0.2, 0) is 0 Å². The Morgan fingerprint density at radius 2 is 1.83 bits per heavy atom. The van der Waals surface area contributed by atoms with Gasteiger partial charge in [0.15, 0.2) is 11.3 Å². The molecule has 1 aliphatic heterocycles. The van der Waals surface area contributed by atoms with Crippen LogP contribution < -0.4 is 0 Å². The van der Waals surface area contributed by atoms with Crippen molar-refractivity contribution in [1.29, 1.82) is 0 Å². The maximum atomic E-state index is 11.8. The molecule has 0 atom stereocenters. The van der Waals surface area contributed by atoms with Crippen LogP contribution in [0.5, 0.6) is 0 Å². The molecular weight excluding hydrogens is 150 g/mol. The summed E-state index contributed by atoms with van der Waals surface area (Å²) in [7, 11) is 0. The second kappa shape index (κ2) is 2.75. The van der Waals surface area contributed by atoms with Crippen molar-refractivity contribution in [2.45, 2.75) is 57.4 Å². The molecule has 0 N–H and O–H groups in total. The molecule has 0 aromatic rings. The highest BCUT2D eigenvalue weighted by Crippen LogP contribution is 2.38. The summed E-state index contributed by atoms with van der Waals surface area (Å²) >= 11 is 0. The molecule has 0 saturated heterocycles. The molecule has 0 radical (unpaired) electrons. The second-order valence-electron chi connectivity index (χ2n) is 4.31. The monoisotopic (exact) mass is 167 g/mol. The van der Waals surface area contributed by atoms with Crippen molar-refractivity contribution >= 4 is 5.71 Å². The number of nitrogens with zero attached hydrogens (tertiary/aromatic N) is 1. The molecule has 1 spiro atoms. The van der Waals surface area contributed by atoms with E-state index >= 15 is 0 Å². The molecule has 2 heteroatoms. The van der Waals surface area contributed by atoms with E-state index in [1.165, 1.54) is 24.0 Å². The molecule has 12 heavy (non-hydrogen) atoms. The van der Waals surface area contributed by atoms with Gasteiger partial charge in [-0.05, 0) is 12.8 Å². The third-order valence-electron chi connectivity index (χ3n) is 3.51. The number of hydrogen-bond acceptors (Lipinski definition) is 1. The summed E-state index contributed by atoms with van der Waals surface area (Å²) in [5, 5.41) is 11.8. The summed E-state index contributed by atoms with van der Waals surface area (Å²) in [4.78, 5) is 0. The zero-order chi connectivity index (χ0) is 8.60. The third-order valence-corrected chi connectivity index (χ3v) is 3.51. The van der Waals surface area contributed by atoms with Crippen LogP contribution in [0, 0.1) is 5.21 Å². The first kappa shape index (κ1) is 8.09. The van der Waals surface area contributed by atoms with Gasteiger partial charge in [-0.15, -0.1) is 0 Å². The molecule has 68 valence electrons. The Kier molecular flexibility index (Phi) is 1.85. The standard InChI is InChI=1S/C10H17NO/c1-9-5-8-10(11(9)12)6-3-2-4-7-10/h2-8H2,1H3. The summed E-state index contributed by atoms with van der Waals surface area (Å²) in [6.45, 7) is 1.98. The molecule has 1 heterocycles. The highest BCUT2D eigenvalue weighted by Gasteiger charge is 2.44. The van der Waals surface area contributed by atoms with Gasteiger partial charge < -0.3 is 5.21 Å². The van der Waals surface area contributed by atoms with Crippen LogP contribution in [0.4, 0.5) is 0 Å². The third kappa shape index (κ3) is 1.05. The molecule has 1 saturated carbocycles. The van der Waals surface area contributed by atoms with E-state index in [0.717, 1.165) is 31.4 Å². The van der Waals surface area contributed by atoms with E-state index in [4.69, 9.17) is 0 Å². The first-order valence-electron chi connectivity index (χ1n) is 5.04. The Balaban J connectivity index is 2.21. The predicted octanol–water partition coefficient (Wildman–Crippen LogP) is 2.45. The van der Waals surface area contributed by atoms with Gasteiger partial charge in [0.2, 0.25) is 0 Å². The Bertz CT molecular complexity index is 214. The zero-order valence-electron chi connectivity index (χ0n) is 7.81. The molecule has 0 bridgehead atoms. The minimum absolute atomic E-state index is 0.0440. The van der Waals surface area contributed by atoms with Crippen LogP contribution in [0.1, 0.15) is 51.9 Å². The lowest BCUT2D eigenvalue weighted by atomic mass is 9.80. The van der Waals surface area contributed by atoms with Gasteiger partial charge in [0, 0.05) is 32.6 Å². The lowest BCUT2D eigenvalue weighted by Crippen LogP contribution is -2.38. The number of hydroxylamine groups is 1. The molecule has 0 aromatic heterocycles. The summed E-state index contributed by atoms with van der Waals surface area (Å²) in [6.07, 6.45) is 8.25. The first-order valence-corrected chi connectivity index (χ1v) is 5.04. The number of rotatable bonds is 0. The van der Waals surface area contributed by atoms with Crippen molar-refractivity contribution in [3.8, 4) is 0 Å². The Labute approximate surface area is 73.9 Å². The summed E-state index contributed by atoms with van der Waals surface area (Å²) in [6, 6.07) is 0. The first-order chi connectivity index (χ1) is 5.75. The number of hydrogen-bond donors (Lipinski definition) is 0. The van der Waals surface area contributed by atoms with Crippen LogP contribution in [0.3, 0.4) is 0 Å². The van der Waals surface area contributed by atoms with E-state index in [-0.39, 0.29) is 5.54 Å². The predicted molar refractivity (Wildman–Crippen MR) is 49.4 cm³/mol. The quantitative estimate of drug-likeness (QED) is 0.402. The Morgan fingerprint density at radius 1 is 1.17 bits per heavy atom. The van der Waals surface area contributed by atoms with Crippen molar-refractivity contribution < 1.29 is 4.74 Å². The van der Waals surface area contributed by atoms with Crippen LogP contribution in [0.2, 0.25) is 0 Å². The van der Waals surface area contributed by atoms with Gasteiger partial charge >= 0.3 is 0 Å². The van der Waals surface area contributed by atoms with Gasteiger partial charge in [-0.3, -0.25) is 0 Å². The van der Waals surface area contributed by atoms with Crippen LogP contribution in [0.25, 0.3) is 0 Å². The van der Waals surface area contributed by atoms with E-state index in [9.17, 15) is 5.21 Å². The molecule has 0 unspecified atom stereocenters. The van der Waals surface area contributed by atoms with Gasteiger partial charge in [-0.2, -0.15) is 0 Å². The van der Waals surface area contributed by atoms with E-state index in [2.05, 4.69) is 0 Å². The molecular formula is C10H17NO. The smallest absolute Gasteiger partial charge is 0.173 e. The molecule has 1 fully saturated rings. The molecule has 0 aromatic carbocycles. The highest BCUT2D eigenvalue weighted by atomic mass is 16.5. The maximum Gasteiger partial charge on any atom is 0.173 e. The van der Waals surface area contributed by atoms with Crippen molar-refractivity contribution in [2.75, 3.05) is 0 Å². The largest absolute Gasteiger partial charge is 0.623 e. The summed E-state index contributed by atoms with van der Waals surface area (Å²) in [5.74, 6) is 0. The lowest BCUT2D eigenvalue weighted by molar-refractivity contribution is -0.546. The maximum absolute atomic E-state index is 11.8. The van der Waals surface area contributed by atoms with Gasteiger partial charge in [-0.25, -0.2) is 4.74 Å². The molecule has 2 aliphatic rings. The molecule has 0 amide bonds. The van der Waals surface area contributed by atoms with Crippen LogP contribution >= 0.6 is 0 Å². The fourth-order valence-electron chi connectivity index (χ4n) is 2.68. The van der Waals surface area contributed by atoms with E-state index in [1.54, 1.807) is 0 Å². The van der Waals surface area contributed by atoms with Crippen molar-refractivity contribution in [3.63, 3.8) is 0 Å². The van der Waals surface area contributed by atoms with E-state index in [0.29, 0.717) is 0 Å². The topological polar surface area (TPSA) is 26.1 Å². The van der Waals surface area contributed by atoms with Gasteiger partial charge in [-0.1, -0.05) is 6.42 Å². The van der Waals surface area contributed by atoms with Crippen molar-refractivity contribution in [2.24, 2.45) is 0 Å². The van der Waals surface area contributed by atoms with Crippen molar-refractivity contribution in [1.82, 2.24) is 0 Å². The Hall–Kier alpha value is -0.530. The average molecular weight is 167 g/mol. The highest BCUT2D eigenvalue weighted by molar-refractivity contribution is 5.78. The SMILES string of the molecule is CC1=[N+]([O-])C2(CCCCC2)CC1. The zero-order valence-corrected chi connectivity index (χ0v) is 7.81. The van der Waals surface area contributed by atoms with Crippen molar-refractivity contribution in [3.05, 3.63) is 5.21 Å². The fraction of sp³-hybridized carbons (Fsp3) is 0.900. The normalized spacial score (nSPS) is 28.4. The fourth-order valence-corrected chi connectivity index (χ4v) is 2.68. The minimum Gasteiger partial charge on any atom is -0.623 e. The lowest BCUT2D eigenvalue weighted by Gasteiger charge is -2.31. The van der Waals surface area contributed by atoms with Crippen LogP contribution in [0.15, 0.2) is 0 Å². The van der Waals surface area contributed by atoms with Crippen LogP contribution in [-0.4, -0.2) is 16.0 Å². The van der Waals surface area contributed by atoms with E-state index < -0.39 is 0 Å². The molecule has 1 aliphatic carbocycles.